The van der Waals surface area contributed by atoms with Crippen molar-refractivity contribution in [1.29, 1.82) is 0 Å². The van der Waals surface area contributed by atoms with E-state index < -0.39 is 5.91 Å². The first kappa shape index (κ1) is 18.9. The largest absolute Gasteiger partial charge is 0.493 e. The molecule has 1 aliphatic rings. The monoisotopic (exact) mass is 354 g/mol. The Labute approximate surface area is 148 Å². The Morgan fingerprint density at radius 3 is 2.67 bits per heavy atom. The third-order valence-corrected chi connectivity index (χ3v) is 4.83. The molecule has 0 aromatic heterocycles. The summed E-state index contributed by atoms with van der Waals surface area (Å²) in [6, 6.07) is 3.70. The number of nitrogens with two attached hydrogens (primary N) is 1. The molecule has 0 bridgehead atoms. The number of benzene rings is 1. The number of primary amides is 1. The summed E-state index contributed by atoms with van der Waals surface area (Å²) in [5.41, 5.74) is 6.12. The van der Waals surface area contributed by atoms with Crippen molar-refractivity contribution in [3.8, 4) is 11.5 Å². The van der Waals surface area contributed by atoms with Crippen LogP contribution in [0.25, 0.3) is 0 Å². The van der Waals surface area contributed by atoms with Crippen molar-refractivity contribution in [2.45, 2.75) is 39.2 Å². The predicted molar refractivity (Wildman–Crippen MR) is 95.5 cm³/mol. The second kappa shape index (κ2) is 9.14. The lowest BCUT2D eigenvalue weighted by molar-refractivity contribution is -0.119. The van der Waals surface area contributed by atoms with Crippen LogP contribution in [0.4, 0.5) is 0 Å². The maximum absolute atomic E-state index is 10.9. The smallest absolute Gasteiger partial charge is 0.255 e. The first-order chi connectivity index (χ1) is 11.5. The number of amides is 1. The number of halogens is 1. The van der Waals surface area contributed by atoms with Gasteiger partial charge in [0.05, 0.1) is 12.1 Å². The van der Waals surface area contributed by atoms with Gasteiger partial charge < -0.3 is 20.5 Å². The second-order valence-electron chi connectivity index (χ2n) is 6.62. The number of hydrogen-bond acceptors (Lipinski definition) is 4. The second-order valence-corrected chi connectivity index (χ2v) is 7.03. The third kappa shape index (κ3) is 5.56. The molecule has 3 N–H and O–H groups in total. The molecular weight excluding hydrogens is 328 g/mol. The van der Waals surface area contributed by atoms with Gasteiger partial charge in [0, 0.05) is 6.54 Å². The number of carbonyl (C=O) groups excluding carboxylic acids is 1. The number of ether oxygens (including phenoxy) is 2. The van der Waals surface area contributed by atoms with Crippen LogP contribution in [0.2, 0.25) is 5.02 Å². The highest BCUT2D eigenvalue weighted by Gasteiger charge is 2.18. The minimum Gasteiger partial charge on any atom is -0.493 e. The molecule has 1 saturated carbocycles. The summed E-state index contributed by atoms with van der Waals surface area (Å²) in [6.07, 6.45) is 5.27. The molecule has 1 aliphatic carbocycles. The van der Waals surface area contributed by atoms with E-state index in [1.807, 2.05) is 12.1 Å². The number of carbonyl (C=O) groups is 1. The fraction of sp³-hybridized carbons (Fsp3) is 0.611. The van der Waals surface area contributed by atoms with Crippen molar-refractivity contribution in [2.75, 3.05) is 20.3 Å². The summed E-state index contributed by atoms with van der Waals surface area (Å²) >= 11 is 6.26. The highest BCUT2D eigenvalue weighted by molar-refractivity contribution is 6.32. The minimum absolute atomic E-state index is 0.228. The summed E-state index contributed by atoms with van der Waals surface area (Å²) in [4.78, 5) is 10.9. The molecule has 0 spiro atoms. The Morgan fingerprint density at radius 1 is 1.33 bits per heavy atom. The lowest BCUT2D eigenvalue weighted by Gasteiger charge is -2.26. The van der Waals surface area contributed by atoms with Crippen LogP contribution in [-0.4, -0.2) is 26.2 Å². The van der Waals surface area contributed by atoms with Crippen molar-refractivity contribution in [3.63, 3.8) is 0 Å². The zero-order valence-electron chi connectivity index (χ0n) is 14.4. The van der Waals surface area contributed by atoms with Gasteiger partial charge >= 0.3 is 0 Å². The van der Waals surface area contributed by atoms with E-state index in [4.69, 9.17) is 26.8 Å². The van der Waals surface area contributed by atoms with Gasteiger partial charge in [0.25, 0.3) is 5.91 Å². The van der Waals surface area contributed by atoms with E-state index in [0.29, 0.717) is 16.5 Å². The van der Waals surface area contributed by atoms with Crippen LogP contribution in [0.1, 0.15) is 38.2 Å². The highest BCUT2D eigenvalue weighted by atomic mass is 35.5. The van der Waals surface area contributed by atoms with E-state index in [2.05, 4.69) is 12.2 Å². The summed E-state index contributed by atoms with van der Waals surface area (Å²) in [6.45, 7) is 3.85. The van der Waals surface area contributed by atoms with Crippen LogP contribution in [-0.2, 0) is 11.3 Å². The van der Waals surface area contributed by atoms with Gasteiger partial charge in [-0.2, -0.15) is 0 Å². The highest BCUT2D eigenvalue weighted by Crippen LogP contribution is 2.36. The van der Waals surface area contributed by atoms with Gasteiger partial charge in [0.2, 0.25) is 0 Å². The molecular formula is C18H27ClN2O3. The number of methoxy groups -OCH3 is 1. The quantitative estimate of drug-likeness (QED) is 0.752. The number of hydrogen-bond donors (Lipinski definition) is 2. The van der Waals surface area contributed by atoms with Gasteiger partial charge in [-0.15, -0.1) is 0 Å². The minimum atomic E-state index is -0.555. The predicted octanol–water partition coefficient (Wildman–Crippen LogP) is 3.13. The number of rotatable bonds is 8. The van der Waals surface area contributed by atoms with Crippen LogP contribution in [0, 0.1) is 11.8 Å². The topological polar surface area (TPSA) is 73.6 Å². The van der Waals surface area contributed by atoms with Gasteiger partial charge in [0.15, 0.2) is 18.1 Å². The van der Waals surface area contributed by atoms with Gasteiger partial charge in [-0.3, -0.25) is 4.79 Å². The van der Waals surface area contributed by atoms with E-state index in [0.717, 1.165) is 30.5 Å². The van der Waals surface area contributed by atoms with Crippen LogP contribution in [0.15, 0.2) is 12.1 Å². The molecule has 1 amide bonds. The summed E-state index contributed by atoms with van der Waals surface area (Å²) < 4.78 is 10.7. The average molecular weight is 355 g/mol. The summed E-state index contributed by atoms with van der Waals surface area (Å²) in [7, 11) is 1.54. The standard InChI is InChI=1S/C18H27ClN2O3/c1-12-3-5-13(6-4-12)9-21-10-14-7-15(19)18(16(8-14)23-2)24-11-17(20)22/h7-8,12-13,21H,3-6,9-11H2,1-2H3,(H2,20,22). The first-order valence-electron chi connectivity index (χ1n) is 8.47. The maximum atomic E-state index is 10.9. The number of nitrogens with one attached hydrogen (secondary N) is 1. The fourth-order valence-corrected chi connectivity index (χ4v) is 3.40. The molecule has 1 aromatic carbocycles. The van der Waals surface area contributed by atoms with Crippen molar-refractivity contribution in [3.05, 3.63) is 22.7 Å². The molecule has 6 heteroatoms. The molecule has 1 aromatic rings. The average Bonchev–Trinajstić information content (AvgIpc) is 2.55. The van der Waals surface area contributed by atoms with E-state index in [1.165, 1.54) is 25.7 Å². The molecule has 1 fully saturated rings. The fourth-order valence-electron chi connectivity index (χ4n) is 3.11. The van der Waals surface area contributed by atoms with Gasteiger partial charge in [-0.1, -0.05) is 31.4 Å². The van der Waals surface area contributed by atoms with E-state index in [-0.39, 0.29) is 6.61 Å². The summed E-state index contributed by atoms with van der Waals surface area (Å²) in [5, 5.41) is 3.92. The van der Waals surface area contributed by atoms with E-state index in [1.54, 1.807) is 7.11 Å². The molecule has 24 heavy (non-hydrogen) atoms. The molecule has 134 valence electrons. The van der Waals surface area contributed by atoms with E-state index >= 15 is 0 Å². The zero-order chi connectivity index (χ0) is 17.5. The Bertz CT molecular complexity index is 557. The Morgan fingerprint density at radius 2 is 2.04 bits per heavy atom. The maximum Gasteiger partial charge on any atom is 0.255 e. The van der Waals surface area contributed by atoms with Crippen molar-refractivity contribution in [1.82, 2.24) is 5.32 Å². The van der Waals surface area contributed by atoms with Crippen molar-refractivity contribution < 1.29 is 14.3 Å². The van der Waals surface area contributed by atoms with Crippen LogP contribution >= 0.6 is 11.6 Å². The summed E-state index contributed by atoms with van der Waals surface area (Å²) in [5.74, 6) is 1.93. The molecule has 0 saturated heterocycles. The van der Waals surface area contributed by atoms with Gasteiger partial charge in [-0.05, 0) is 48.9 Å². The molecule has 5 nitrogen and oxygen atoms in total. The Balaban J connectivity index is 1.91. The molecule has 0 radical (unpaired) electrons. The zero-order valence-corrected chi connectivity index (χ0v) is 15.2. The Hall–Kier alpha value is -1.46. The SMILES string of the molecule is COc1cc(CNCC2CCC(C)CC2)cc(Cl)c1OCC(N)=O. The third-order valence-electron chi connectivity index (χ3n) is 4.55. The van der Waals surface area contributed by atoms with Crippen LogP contribution in [0.3, 0.4) is 0 Å². The normalized spacial score (nSPS) is 20.6. The van der Waals surface area contributed by atoms with Crippen LogP contribution in [0.5, 0.6) is 11.5 Å². The molecule has 0 heterocycles. The van der Waals surface area contributed by atoms with E-state index in [9.17, 15) is 4.79 Å². The van der Waals surface area contributed by atoms with Gasteiger partial charge in [0.1, 0.15) is 0 Å². The van der Waals surface area contributed by atoms with Gasteiger partial charge in [-0.25, -0.2) is 0 Å². The molecule has 0 aliphatic heterocycles. The van der Waals surface area contributed by atoms with Crippen LogP contribution < -0.4 is 20.5 Å². The van der Waals surface area contributed by atoms with Crippen molar-refractivity contribution >= 4 is 17.5 Å². The molecule has 2 rings (SSSR count). The lowest BCUT2D eigenvalue weighted by Crippen LogP contribution is -2.25. The lowest BCUT2D eigenvalue weighted by atomic mass is 9.83. The van der Waals surface area contributed by atoms with Crippen molar-refractivity contribution in [2.24, 2.45) is 17.6 Å². The molecule has 0 unspecified atom stereocenters. The Kier molecular flexibility index (Phi) is 7.18. The first-order valence-corrected chi connectivity index (χ1v) is 8.85. The molecule has 0 atom stereocenters.